The molecule has 352 valence electrons. The summed E-state index contributed by atoms with van der Waals surface area (Å²) in [4.78, 5) is 4.58. The van der Waals surface area contributed by atoms with Crippen molar-refractivity contribution >= 4 is 15.5 Å². The van der Waals surface area contributed by atoms with E-state index in [2.05, 4.69) is 104 Å². The molecular formula is C57H66N2O7S. The molecule has 1 saturated heterocycles. The second-order valence-corrected chi connectivity index (χ2v) is 19.9. The molecule has 2 aliphatic rings. The van der Waals surface area contributed by atoms with Gasteiger partial charge in [0.1, 0.15) is 23.9 Å². The number of nitrogens with zero attached hydrogens (tertiary/aromatic N) is 2. The van der Waals surface area contributed by atoms with Gasteiger partial charge in [-0.2, -0.15) is 0 Å². The Hall–Kier alpha value is -5.65. The molecule has 6 aromatic rings. The van der Waals surface area contributed by atoms with Crippen LogP contribution in [-0.4, -0.2) is 77.6 Å². The van der Waals surface area contributed by atoms with Gasteiger partial charge in [0.15, 0.2) is 0 Å². The number of aryl methyl sites for hydroxylation is 1. The number of sulfone groups is 1. The Balaban J connectivity index is 1.10. The zero-order valence-corrected chi connectivity index (χ0v) is 40.3. The van der Waals surface area contributed by atoms with Gasteiger partial charge in [-0.1, -0.05) is 122 Å². The first-order valence-electron chi connectivity index (χ1n) is 24.0. The number of piperidine rings is 1. The molecular weight excluding hydrogens is 857 g/mol. The van der Waals surface area contributed by atoms with Gasteiger partial charge in [-0.3, -0.25) is 4.90 Å². The number of hydrogen-bond acceptors (Lipinski definition) is 9. The van der Waals surface area contributed by atoms with Gasteiger partial charge >= 0.3 is 0 Å². The van der Waals surface area contributed by atoms with Crippen LogP contribution < -0.4 is 19.1 Å². The number of unbranched alkanes of at least 4 members (excludes halogenated alkanes) is 1. The zero-order chi connectivity index (χ0) is 46.6. The smallest absolute Gasteiger partial charge is 0.259 e. The Kier molecular flexibility index (Phi) is 16.3. The quantitative estimate of drug-likeness (QED) is 0.0517. The molecule has 10 heteroatoms. The van der Waals surface area contributed by atoms with Crippen molar-refractivity contribution in [3.8, 4) is 17.2 Å². The third kappa shape index (κ3) is 12.1. The van der Waals surface area contributed by atoms with Crippen molar-refractivity contribution in [1.82, 2.24) is 4.90 Å². The molecule has 1 fully saturated rings. The number of anilines is 1. The Bertz CT molecular complexity index is 2530. The van der Waals surface area contributed by atoms with Crippen molar-refractivity contribution in [3.05, 3.63) is 185 Å². The summed E-state index contributed by atoms with van der Waals surface area (Å²) in [6, 6.07) is 50.4. The summed E-state index contributed by atoms with van der Waals surface area (Å²) in [5.41, 5.74) is 6.17. The summed E-state index contributed by atoms with van der Waals surface area (Å²) in [6.07, 6.45) is 4.52. The lowest BCUT2D eigenvalue weighted by Crippen LogP contribution is -2.53. The highest BCUT2D eigenvalue weighted by Gasteiger charge is 2.41. The fourth-order valence-electron chi connectivity index (χ4n) is 9.30. The van der Waals surface area contributed by atoms with Crippen molar-refractivity contribution < 1.29 is 32.1 Å². The van der Waals surface area contributed by atoms with Gasteiger partial charge in [-0.25, -0.2) is 8.42 Å². The maximum atomic E-state index is 15.0. The lowest BCUT2D eigenvalue weighted by Gasteiger charge is -2.41. The molecule has 6 aromatic carbocycles. The van der Waals surface area contributed by atoms with Crippen LogP contribution in [0.25, 0.3) is 0 Å². The summed E-state index contributed by atoms with van der Waals surface area (Å²) in [7, 11) is -2.33. The second-order valence-electron chi connectivity index (χ2n) is 17.9. The Labute approximate surface area is 398 Å². The van der Waals surface area contributed by atoms with E-state index in [1.165, 1.54) is 0 Å². The number of benzene rings is 6. The maximum absolute atomic E-state index is 15.0. The molecule has 2 aliphatic heterocycles. The minimum atomic E-state index is -4.07. The van der Waals surface area contributed by atoms with E-state index in [0.717, 1.165) is 89.3 Å². The fourth-order valence-corrected chi connectivity index (χ4v) is 10.9. The van der Waals surface area contributed by atoms with Crippen LogP contribution in [0.1, 0.15) is 91.2 Å². The zero-order valence-electron chi connectivity index (χ0n) is 39.5. The second kappa shape index (κ2) is 22.9. The van der Waals surface area contributed by atoms with Gasteiger partial charge in [-0.15, -0.1) is 0 Å². The van der Waals surface area contributed by atoms with Gasteiger partial charge in [0, 0.05) is 38.6 Å². The van der Waals surface area contributed by atoms with Crippen LogP contribution in [-0.2, 0) is 25.9 Å². The third-order valence-electron chi connectivity index (χ3n) is 13.2. The molecule has 0 amide bonds. The molecule has 0 saturated carbocycles. The summed E-state index contributed by atoms with van der Waals surface area (Å²) in [5.74, 6) is 2.09. The van der Waals surface area contributed by atoms with E-state index >= 15 is 8.42 Å². The van der Waals surface area contributed by atoms with Gasteiger partial charge in [0.05, 0.1) is 42.5 Å². The maximum Gasteiger partial charge on any atom is 0.259 e. The number of hydrogen-bond donors (Lipinski definition) is 0. The lowest BCUT2D eigenvalue weighted by molar-refractivity contribution is -0.0498. The number of ether oxygens (including phenoxy) is 5. The van der Waals surface area contributed by atoms with E-state index < -0.39 is 15.4 Å². The molecule has 8 rings (SSSR count). The predicted molar refractivity (Wildman–Crippen MR) is 267 cm³/mol. The normalized spacial score (nSPS) is 17.4. The van der Waals surface area contributed by atoms with Gasteiger partial charge < -0.3 is 28.6 Å². The molecule has 0 aromatic heterocycles. The highest BCUT2D eigenvalue weighted by Crippen LogP contribution is 2.38. The van der Waals surface area contributed by atoms with E-state index in [0.29, 0.717) is 45.1 Å². The molecule has 9 nitrogen and oxygen atoms in total. The Morgan fingerprint density at radius 3 is 2.18 bits per heavy atom. The van der Waals surface area contributed by atoms with Crippen LogP contribution in [0.4, 0.5) is 5.69 Å². The number of rotatable bonds is 21. The summed E-state index contributed by atoms with van der Waals surface area (Å²) < 4.78 is 61.5. The average Bonchev–Trinajstić information content (AvgIpc) is 3.36. The monoisotopic (exact) mass is 922 g/mol. The van der Waals surface area contributed by atoms with Crippen molar-refractivity contribution in [1.29, 1.82) is 0 Å². The summed E-state index contributed by atoms with van der Waals surface area (Å²) in [6.45, 7) is 10.5. The minimum absolute atomic E-state index is 0.0153. The Morgan fingerprint density at radius 1 is 0.761 bits per heavy atom. The summed E-state index contributed by atoms with van der Waals surface area (Å²) >= 11 is 0. The molecule has 0 N–H and O–H groups in total. The first kappa shape index (κ1) is 47.8. The van der Waals surface area contributed by atoms with Crippen molar-refractivity contribution in [2.45, 2.75) is 94.0 Å². The van der Waals surface area contributed by atoms with E-state index in [1.807, 2.05) is 66.4 Å². The van der Waals surface area contributed by atoms with Crippen LogP contribution in [0.5, 0.6) is 17.2 Å². The number of likely N-dealkylation sites (tertiary alicyclic amines) is 1. The van der Waals surface area contributed by atoms with Gasteiger partial charge in [0.25, 0.3) is 5.56 Å². The largest absolute Gasteiger partial charge is 0.494 e. The van der Waals surface area contributed by atoms with E-state index in [4.69, 9.17) is 23.7 Å². The topological polar surface area (TPSA) is 86.8 Å². The average molecular weight is 923 g/mol. The molecule has 0 radical (unpaired) electrons. The molecule has 67 heavy (non-hydrogen) atoms. The molecule has 0 aliphatic carbocycles. The minimum Gasteiger partial charge on any atom is -0.494 e. The predicted octanol–water partition coefficient (Wildman–Crippen LogP) is 11.6. The first-order valence-corrected chi connectivity index (χ1v) is 25.5. The Morgan fingerprint density at radius 2 is 1.48 bits per heavy atom. The SMILES string of the molecule is CCCCN1CCOc2ccc(CO[C@H]3CN(C(Oc4cccc(C(c5ccccc5)c5ccccc5)c4)S(=O)(=O)c4ccc(C)cc4)CC[C@@H]3c3ccc(OCCC[C@@H](C)OC)cc3)cc21. The van der Waals surface area contributed by atoms with Gasteiger partial charge in [0.2, 0.25) is 9.84 Å². The van der Waals surface area contributed by atoms with Crippen molar-refractivity contribution in [2.24, 2.45) is 0 Å². The van der Waals surface area contributed by atoms with Crippen LogP contribution in [0, 0.1) is 6.92 Å². The number of fused-ring (bicyclic) bond motifs is 1. The third-order valence-corrected chi connectivity index (χ3v) is 15.0. The van der Waals surface area contributed by atoms with Crippen molar-refractivity contribution in [2.75, 3.05) is 51.4 Å². The molecule has 0 spiro atoms. The highest BCUT2D eigenvalue weighted by molar-refractivity contribution is 7.91. The van der Waals surface area contributed by atoms with Crippen LogP contribution >= 0.6 is 0 Å². The molecule has 1 unspecified atom stereocenters. The van der Waals surface area contributed by atoms with E-state index in [-0.39, 0.29) is 28.9 Å². The number of methoxy groups -OCH3 is 1. The highest BCUT2D eigenvalue weighted by atomic mass is 32.2. The van der Waals surface area contributed by atoms with E-state index in [9.17, 15) is 0 Å². The van der Waals surface area contributed by atoms with Crippen molar-refractivity contribution in [3.63, 3.8) is 0 Å². The molecule has 2 heterocycles. The van der Waals surface area contributed by atoms with Crippen LogP contribution in [0.2, 0.25) is 0 Å². The first-order chi connectivity index (χ1) is 32.7. The summed E-state index contributed by atoms with van der Waals surface area (Å²) in [5, 5.41) is 0. The van der Waals surface area contributed by atoms with E-state index in [1.54, 1.807) is 19.2 Å². The standard InChI is InChI=1S/C57H66N2O7S/c1-5-6-33-58-35-37-64-54-31-24-44(38-53(54)58)41-65-55-40-59(34-32-52(55)45-25-27-49(28-26-45)63-36-14-15-43(3)62-4)57(67(60,61)51-29-22-42(2)23-30-51)66-50-21-13-20-48(39-50)56(46-16-9-7-10-17-46)47-18-11-8-12-19-47/h7-13,16-31,38-39,43,52,55-57H,5-6,14-15,32-37,40-41H2,1-4H3/t43-,52-,55+,57?/m1/s1. The molecule has 4 atom stereocenters. The fraction of sp³-hybridized carbons (Fsp3) is 0.368. The molecule has 0 bridgehead atoms. The van der Waals surface area contributed by atoms with Gasteiger partial charge in [-0.05, 0) is 116 Å². The van der Waals surface area contributed by atoms with Crippen LogP contribution in [0.15, 0.2) is 157 Å². The van der Waals surface area contributed by atoms with Crippen LogP contribution in [0.3, 0.4) is 0 Å². The lowest BCUT2D eigenvalue weighted by atomic mass is 9.85.